The molecule has 1 unspecified atom stereocenters. The fourth-order valence-corrected chi connectivity index (χ4v) is 5.55. The van der Waals surface area contributed by atoms with Gasteiger partial charge < -0.3 is 9.80 Å². The summed E-state index contributed by atoms with van der Waals surface area (Å²) in [6.07, 6.45) is 4.05. The molecular weight excluding hydrogens is 420 g/mol. The van der Waals surface area contributed by atoms with Crippen molar-refractivity contribution in [2.75, 3.05) is 26.2 Å². The minimum atomic E-state index is -0.248. The minimum absolute atomic E-state index is 0.0470. The monoisotopic (exact) mass is 446 g/mol. The number of nitrogens with zero attached hydrogens (tertiary/aromatic N) is 4. The van der Waals surface area contributed by atoms with Gasteiger partial charge in [-0.05, 0) is 29.3 Å². The predicted octanol–water partition coefficient (Wildman–Crippen LogP) is 3.90. The summed E-state index contributed by atoms with van der Waals surface area (Å²) in [5, 5.41) is 1.12. The van der Waals surface area contributed by atoms with Gasteiger partial charge in [-0.2, -0.15) is 0 Å². The number of benzene rings is 2. The average molecular weight is 447 g/mol. The number of hydrogen-bond acceptors (Lipinski definition) is 5. The van der Waals surface area contributed by atoms with E-state index in [0.717, 1.165) is 41.3 Å². The molecule has 7 heteroatoms. The highest BCUT2D eigenvalue weighted by molar-refractivity contribution is 7.18. The number of para-hydroxylation sites is 1. The van der Waals surface area contributed by atoms with Crippen LogP contribution in [0.25, 0.3) is 16.3 Å². The van der Waals surface area contributed by atoms with Gasteiger partial charge in [0, 0.05) is 39.3 Å². The van der Waals surface area contributed by atoms with Crippen LogP contribution in [0.1, 0.15) is 35.5 Å². The van der Waals surface area contributed by atoms with Crippen molar-refractivity contribution < 1.29 is 9.59 Å². The van der Waals surface area contributed by atoms with Crippen molar-refractivity contribution in [3.8, 4) is 0 Å². The SMILES string of the molecule is CC(=O)N1C=Cc2ccccc2C1CC(=O)N1CCN(Cc2nc3ccccc3s2)CC1. The molecule has 6 nitrogen and oxygen atoms in total. The molecule has 2 amide bonds. The summed E-state index contributed by atoms with van der Waals surface area (Å²) in [5.41, 5.74) is 3.16. The lowest BCUT2D eigenvalue weighted by molar-refractivity contribution is -0.136. The zero-order valence-corrected chi connectivity index (χ0v) is 18.9. The Balaban J connectivity index is 1.21. The van der Waals surface area contributed by atoms with E-state index in [2.05, 4.69) is 17.0 Å². The highest BCUT2D eigenvalue weighted by Crippen LogP contribution is 2.33. The molecule has 0 N–H and O–H groups in total. The molecule has 0 spiro atoms. The standard InChI is InChI=1S/C25H26N4O2S/c1-18(30)29-11-10-19-6-2-3-7-20(19)22(29)16-25(31)28-14-12-27(13-15-28)17-24-26-21-8-4-5-9-23(21)32-24/h2-11,22H,12-17H2,1H3. The molecule has 1 atom stereocenters. The molecule has 0 bridgehead atoms. The number of hydrogen-bond donors (Lipinski definition) is 0. The van der Waals surface area contributed by atoms with Crippen molar-refractivity contribution >= 4 is 39.4 Å². The number of thiazole rings is 1. The molecule has 1 fully saturated rings. The quantitative estimate of drug-likeness (QED) is 0.610. The van der Waals surface area contributed by atoms with Gasteiger partial charge >= 0.3 is 0 Å². The second-order valence-corrected chi connectivity index (χ2v) is 9.44. The molecule has 1 aromatic heterocycles. The van der Waals surface area contributed by atoms with E-state index in [4.69, 9.17) is 4.98 Å². The highest BCUT2D eigenvalue weighted by Gasteiger charge is 2.31. The van der Waals surface area contributed by atoms with Crippen molar-refractivity contribution in [3.05, 3.63) is 70.9 Å². The van der Waals surface area contributed by atoms with Crippen LogP contribution in [0.4, 0.5) is 0 Å². The van der Waals surface area contributed by atoms with E-state index in [1.54, 1.807) is 29.4 Å². The second-order valence-electron chi connectivity index (χ2n) is 8.32. The van der Waals surface area contributed by atoms with Crippen molar-refractivity contribution in [1.29, 1.82) is 0 Å². The third kappa shape index (κ3) is 4.18. The Morgan fingerprint density at radius 2 is 1.78 bits per heavy atom. The summed E-state index contributed by atoms with van der Waals surface area (Å²) in [6, 6.07) is 16.0. The first-order valence-electron chi connectivity index (χ1n) is 11.0. The lowest BCUT2D eigenvalue weighted by Gasteiger charge is -2.37. The summed E-state index contributed by atoms with van der Waals surface area (Å²) in [5.74, 6) is 0.0557. The zero-order valence-electron chi connectivity index (χ0n) is 18.1. The van der Waals surface area contributed by atoms with E-state index in [0.29, 0.717) is 19.5 Å². The van der Waals surface area contributed by atoms with Crippen LogP contribution in [0.3, 0.4) is 0 Å². The van der Waals surface area contributed by atoms with Gasteiger partial charge in [0.05, 0.1) is 29.2 Å². The molecule has 5 rings (SSSR count). The number of piperazine rings is 1. The van der Waals surface area contributed by atoms with Gasteiger partial charge in [-0.15, -0.1) is 11.3 Å². The maximum atomic E-state index is 13.2. The second kappa shape index (κ2) is 8.84. The van der Waals surface area contributed by atoms with Crippen LogP contribution >= 0.6 is 11.3 Å². The average Bonchev–Trinajstić information content (AvgIpc) is 3.22. The fraction of sp³-hybridized carbons (Fsp3) is 0.320. The maximum absolute atomic E-state index is 13.2. The van der Waals surface area contributed by atoms with Crippen LogP contribution in [-0.2, 0) is 16.1 Å². The first kappa shape index (κ1) is 20.8. The Bertz CT molecular complexity index is 1150. The van der Waals surface area contributed by atoms with Gasteiger partial charge in [0.1, 0.15) is 5.01 Å². The third-order valence-electron chi connectivity index (χ3n) is 6.26. The minimum Gasteiger partial charge on any atom is -0.340 e. The zero-order chi connectivity index (χ0) is 22.1. The van der Waals surface area contributed by atoms with Gasteiger partial charge in [0.15, 0.2) is 0 Å². The third-order valence-corrected chi connectivity index (χ3v) is 7.28. The van der Waals surface area contributed by atoms with E-state index in [1.807, 2.05) is 47.4 Å². The Labute approximate surface area is 191 Å². The number of aromatic nitrogens is 1. The van der Waals surface area contributed by atoms with Gasteiger partial charge in [0.2, 0.25) is 11.8 Å². The molecule has 2 aliphatic rings. The Morgan fingerprint density at radius 3 is 2.56 bits per heavy atom. The van der Waals surface area contributed by atoms with Crippen LogP contribution in [-0.4, -0.2) is 57.7 Å². The topological polar surface area (TPSA) is 56.8 Å². The molecule has 0 saturated carbocycles. The van der Waals surface area contributed by atoms with Crippen molar-refractivity contribution in [3.63, 3.8) is 0 Å². The van der Waals surface area contributed by atoms with Crippen LogP contribution in [0.5, 0.6) is 0 Å². The maximum Gasteiger partial charge on any atom is 0.225 e. The molecule has 0 aliphatic carbocycles. The summed E-state index contributed by atoms with van der Waals surface area (Å²) < 4.78 is 1.22. The molecule has 3 aromatic rings. The summed E-state index contributed by atoms with van der Waals surface area (Å²) in [6.45, 7) is 5.44. The van der Waals surface area contributed by atoms with E-state index in [9.17, 15) is 9.59 Å². The van der Waals surface area contributed by atoms with Crippen LogP contribution in [0.15, 0.2) is 54.7 Å². The fourth-order valence-electron chi connectivity index (χ4n) is 4.54. The molecule has 1 saturated heterocycles. The molecule has 2 aromatic carbocycles. The van der Waals surface area contributed by atoms with Crippen molar-refractivity contribution in [1.82, 2.24) is 19.7 Å². The van der Waals surface area contributed by atoms with Gasteiger partial charge in [0.25, 0.3) is 0 Å². The van der Waals surface area contributed by atoms with E-state index in [-0.39, 0.29) is 17.9 Å². The molecule has 0 radical (unpaired) electrons. The molecule has 2 aliphatic heterocycles. The molecule has 32 heavy (non-hydrogen) atoms. The first-order chi connectivity index (χ1) is 15.6. The molecule has 3 heterocycles. The largest absolute Gasteiger partial charge is 0.340 e. The van der Waals surface area contributed by atoms with E-state index >= 15 is 0 Å². The van der Waals surface area contributed by atoms with Crippen molar-refractivity contribution in [2.45, 2.75) is 25.9 Å². The van der Waals surface area contributed by atoms with E-state index in [1.165, 1.54) is 4.70 Å². The Morgan fingerprint density at radius 1 is 1.03 bits per heavy atom. The van der Waals surface area contributed by atoms with Crippen molar-refractivity contribution in [2.24, 2.45) is 0 Å². The Hall–Kier alpha value is -3.03. The predicted molar refractivity (Wildman–Crippen MR) is 127 cm³/mol. The highest BCUT2D eigenvalue weighted by atomic mass is 32.1. The van der Waals surface area contributed by atoms with Crippen LogP contribution < -0.4 is 0 Å². The van der Waals surface area contributed by atoms with Crippen LogP contribution in [0, 0.1) is 0 Å². The number of carbonyl (C=O) groups is 2. The summed E-state index contributed by atoms with van der Waals surface area (Å²) >= 11 is 1.74. The first-order valence-corrected chi connectivity index (χ1v) is 11.8. The lowest BCUT2D eigenvalue weighted by Crippen LogP contribution is -2.49. The molecule has 164 valence electrons. The lowest BCUT2D eigenvalue weighted by atomic mass is 9.93. The summed E-state index contributed by atoms with van der Waals surface area (Å²) in [7, 11) is 0. The van der Waals surface area contributed by atoms with Gasteiger partial charge in [-0.25, -0.2) is 4.98 Å². The van der Waals surface area contributed by atoms with E-state index < -0.39 is 0 Å². The smallest absolute Gasteiger partial charge is 0.225 e. The number of fused-ring (bicyclic) bond motifs is 2. The van der Waals surface area contributed by atoms with Crippen LogP contribution in [0.2, 0.25) is 0 Å². The number of rotatable bonds is 4. The Kier molecular flexibility index (Phi) is 5.76. The number of carbonyl (C=O) groups excluding carboxylic acids is 2. The number of amides is 2. The summed E-state index contributed by atoms with van der Waals surface area (Å²) in [4.78, 5) is 36.1. The van der Waals surface area contributed by atoms with Gasteiger partial charge in [-0.1, -0.05) is 36.4 Å². The normalized spacial score (nSPS) is 18.7. The molecular formula is C25H26N4O2S. The van der Waals surface area contributed by atoms with Gasteiger partial charge in [-0.3, -0.25) is 14.5 Å².